The molecule has 5 rings (SSSR count). The number of ether oxygens (including phenoxy) is 2. The third kappa shape index (κ3) is 4.89. The fraction of sp³-hybridized carbons (Fsp3) is 0.444. The summed E-state index contributed by atoms with van der Waals surface area (Å²) in [6.45, 7) is 0.602. The highest BCUT2D eigenvalue weighted by molar-refractivity contribution is 5.81. The van der Waals surface area contributed by atoms with Gasteiger partial charge >= 0.3 is 12.1 Å². The molecule has 2 aliphatic carbocycles. The Morgan fingerprint density at radius 1 is 0.886 bits per heavy atom. The van der Waals surface area contributed by atoms with Gasteiger partial charge in [-0.1, -0.05) is 48.5 Å². The molecule has 2 aromatic carbocycles. The van der Waals surface area contributed by atoms with Crippen molar-refractivity contribution < 1.29 is 29.0 Å². The van der Waals surface area contributed by atoms with Crippen LogP contribution in [-0.4, -0.2) is 54.5 Å². The Hall–Kier alpha value is -3.39. The number of alkyl carbamates (subject to hydrolysis) is 1. The van der Waals surface area contributed by atoms with E-state index in [1.54, 1.807) is 0 Å². The Labute approximate surface area is 204 Å². The van der Waals surface area contributed by atoms with Crippen molar-refractivity contribution in [3.05, 3.63) is 59.7 Å². The van der Waals surface area contributed by atoms with Gasteiger partial charge < -0.3 is 25.2 Å². The van der Waals surface area contributed by atoms with E-state index in [1.165, 1.54) is 22.3 Å². The largest absolute Gasteiger partial charge is 0.479 e. The molecule has 1 saturated carbocycles. The lowest BCUT2D eigenvalue weighted by atomic mass is 9.85. The SMILES string of the molecule is O=C(NC1CCC(C(=O)N[C@@H]2CCO[C@@H]2C(=O)O)CC1)OCC1c2ccccc2-c2ccccc21. The predicted octanol–water partition coefficient (Wildman–Crippen LogP) is 3.44. The van der Waals surface area contributed by atoms with Gasteiger partial charge in [0.05, 0.1) is 6.04 Å². The number of hydrogen-bond donors (Lipinski definition) is 3. The molecule has 2 fully saturated rings. The van der Waals surface area contributed by atoms with Gasteiger partial charge in [0.25, 0.3) is 0 Å². The second-order valence-corrected chi connectivity index (χ2v) is 9.55. The highest BCUT2D eigenvalue weighted by atomic mass is 16.5. The van der Waals surface area contributed by atoms with Crippen LogP contribution in [0.2, 0.25) is 0 Å². The molecule has 0 radical (unpaired) electrons. The van der Waals surface area contributed by atoms with Crippen molar-refractivity contribution in [2.75, 3.05) is 13.2 Å². The van der Waals surface area contributed by atoms with Crippen molar-refractivity contribution in [3.8, 4) is 11.1 Å². The minimum atomic E-state index is -1.05. The normalized spacial score (nSPS) is 25.4. The molecule has 1 heterocycles. The van der Waals surface area contributed by atoms with E-state index in [1.807, 2.05) is 24.3 Å². The van der Waals surface area contributed by atoms with Crippen LogP contribution in [0.3, 0.4) is 0 Å². The van der Waals surface area contributed by atoms with Crippen molar-refractivity contribution in [1.82, 2.24) is 10.6 Å². The average molecular weight is 479 g/mol. The lowest BCUT2D eigenvalue weighted by Crippen LogP contribution is -2.47. The number of amides is 2. The van der Waals surface area contributed by atoms with Gasteiger partial charge in [0, 0.05) is 24.5 Å². The summed E-state index contributed by atoms with van der Waals surface area (Å²) >= 11 is 0. The van der Waals surface area contributed by atoms with Gasteiger partial charge in [0.1, 0.15) is 6.61 Å². The van der Waals surface area contributed by atoms with E-state index in [9.17, 15) is 19.5 Å². The molecule has 184 valence electrons. The maximum Gasteiger partial charge on any atom is 0.407 e. The first-order valence-electron chi connectivity index (χ1n) is 12.3. The van der Waals surface area contributed by atoms with E-state index >= 15 is 0 Å². The second-order valence-electron chi connectivity index (χ2n) is 9.55. The third-order valence-electron chi connectivity index (χ3n) is 7.43. The van der Waals surface area contributed by atoms with Crippen LogP contribution >= 0.6 is 0 Å². The summed E-state index contributed by atoms with van der Waals surface area (Å²) in [6, 6.07) is 15.9. The van der Waals surface area contributed by atoms with Gasteiger partial charge in [-0.2, -0.15) is 0 Å². The van der Waals surface area contributed by atoms with Gasteiger partial charge in [0.2, 0.25) is 5.91 Å². The number of nitrogens with one attached hydrogen (secondary N) is 2. The van der Waals surface area contributed by atoms with Crippen molar-refractivity contribution in [3.63, 3.8) is 0 Å². The van der Waals surface area contributed by atoms with Gasteiger partial charge in [0.15, 0.2) is 6.10 Å². The van der Waals surface area contributed by atoms with Crippen molar-refractivity contribution in [2.45, 2.75) is 56.2 Å². The number of carbonyl (C=O) groups excluding carboxylic acids is 2. The maximum absolute atomic E-state index is 12.6. The molecule has 0 bridgehead atoms. The summed E-state index contributed by atoms with van der Waals surface area (Å²) in [5.41, 5.74) is 4.72. The molecule has 1 saturated heterocycles. The molecule has 3 aliphatic rings. The number of aliphatic carboxylic acids is 1. The van der Waals surface area contributed by atoms with Crippen LogP contribution in [0.1, 0.15) is 49.1 Å². The molecule has 0 aromatic heterocycles. The van der Waals surface area contributed by atoms with Crippen LogP contribution in [-0.2, 0) is 19.1 Å². The monoisotopic (exact) mass is 478 g/mol. The van der Waals surface area contributed by atoms with E-state index in [2.05, 4.69) is 34.9 Å². The Bertz CT molecular complexity index is 1060. The molecule has 0 spiro atoms. The fourth-order valence-corrected chi connectivity index (χ4v) is 5.59. The van der Waals surface area contributed by atoms with Crippen molar-refractivity contribution >= 4 is 18.0 Å². The van der Waals surface area contributed by atoms with Gasteiger partial charge in [-0.05, 0) is 54.4 Å². The van der Waals surface area contributed by atoms with E-state index in [-0.39, 0.29) is 30.4 Å². The summed E-state index contributed by atoms with van der Waals surface area (Å²) in [6.07, 6.45) is 1.69. The zero-order valence-corrected chi connectivity index (χ0v) is 19.4. The number of carboxylic acid groups (broad SMARTS) is 1. The standard InChI is InChI=1S/C27H30N2O6/c30-25(29-23-13-14-34-24(23)26(31)32)16-9-11-17(12-10-16)28-27(33)35-15-22-20-7-3-1-5-18(20)19-6-2-4-8-21(19)22/h1-8,16-17,22-24H,9-15H2,(H,28,33)(H,29,30)(H,31,32)/t16?,17?,23-,24+/m1/s1. The Morgan fingerprint density at radius 3 is 2.14 bits per heavy atom. The lowest BCUT2D eigenvalue weighted by molar-refractivity contribution is -0.148. The predicted molar refractivity (Wildman–Crippen MR) is 128 cm³/mol. The topological polar surface area (TPSA) is 114 Å². The highest BCUT2D eigenvalue weighted by Gasteiger charge is 2.37. The molecule has 3 N–H and O–H groups in total. The van der Waals surface area contributed by atoms with Crippen LogP contribution in [0.25, 0.3) is 11.1 Å². The van der Waals surface area contributed by atoms with Crippen LogP contribution in [0, 0.1) is 5.92 Å². The van der Waals surface area contributed by atoms with Crippen LogP contribution in [0.15, 0.2) is 48.5 Å². The first-order valence-corrected chi connectivity index (χ1v) is 12.3. The summed E-state index contributed by atoms with van der Waals surface area (Å²) in [5, 5.41) is 15.0. The fourth-order valence-electron chi connectivity index (χ4n) is 5.59. The van der Waals surface area contributed by atoms with Crippen LogP contribution < -0.4 is 10.6 Å². The number of fused-ring (bicyclic) bond motifs is 3. The zero-order chi connectivity index (χ0) is 24.4. The molecular weight excluding hydrogens is 448 g/mol. The smallest absolute Gasteiger partial charge is 0.407 e. The Kier molecular flexibility index (Phi) is 6.72. The quantitative estimate of drug-likeness (QED) is 0.586. The number of rotatable bonds is 6. The average Bonchev–Trinajstić information content (AvgIpc) is 3.46. The summed E-state index contributed by atoms with van der Waals surface area (Å²) in [7, 11) is 0. The Morgan fingerprint density at radius 2 is 1.51 bits per heavy atom. The minimum Gasteiger partial charge on any atom is -0.479 e. The zero-order valence-electron chi connectivity index (χ0n) is 19.4. The van der Waals surface area contributed by atoms with Gasteiger partial charge in [-0.25, -0.2) is 9.59 Å². The van der Waals surface area contributed by atoms with Crippen molar-refractivity contribution in [2.24, 2.45) is 5.92 Å². The molecule has 0 unspecified atom stereocenters. The summed E-state index contributed by atoms with van der Waals surface area (Å²) in [4.78, 5) is 36.4. The van der Waals surface area contributed by atoms with E-state index in [0.29, 0.717) is 38.7 Å². The second kappa shape index (κ2) is 10.1. The molecular formula is C27H30N2O6. The summed E-state index contributed by atoms with van der Waals surface area (Å²) in [5.74, 6) is -1.36. The molecule has 2 atom stereocenters. The molecule has 1 aliphatic heterocycles. The molecule has 8 heteroatoms. The number of carbonyl (C=O) groups is 3. The number of carboxylic acids is 1. The first-order chi connectivity index (χ1) is 17.0. The van der Waals surface area contributed by atoms with Crippen LogP contribution in [0.5, 0.6) is 0 Å². The summed E-state index contributed by atoms with van der Waals surface area (Å²) < 4.78 is 10.8. The lowest BCUT2D eigenvalue weighted by Gasteiger charge is -2.29. The van der Waals surface area contributed by atoms with Gasteiger partial charge in [-0.3, -0.25) is 4.79 Å². The van der Waals surface area contributed by atoms with Crippen LogP contribution in [0.4, 0.5) is 4.79 Å². The third-order valence-corrected chi connectivity index (χ3v) is 7.43. The molecule has 35 heavy (non-hydrogen) atoms. The Balaban J connectivity index is 1.09. The van der Waals surface area contributed by atoms with Gasteiger partial charge in [-0.15, -0.1) is 0 Å². The van der Waals surface area contributed by atoms with Crippen molar-refractivity contribution in [1.29, 1.82) is 0 Å². The number of hydrogen-bond acceptors (Lipinski definition) is 5. The molecule has 8 nitrogen and oxygen atoms in total. The maximum atomic E-state index is 12.6. The minimum absolute atomic E-state index is 0.0155. The van der Waals surface area contributed by atoms with E-state index in [4.69, 9.17) is 9.47 Å². The number of benzene rings is 2. The van der Waals surface area contributed by atoms with E-state index < -0.39 is 24.2 Å². The van der Waals surface area contributed by atoms with E-state index in [0.717, 1.165) is 0 Å². The molecule has 2 aromatic rings. The highest BCUT2D eigenvalue weighted by Crippen LogP contribution is 2.44. The molecule has 2 amide bonds. The first kappa shape index (κ1) is 23.4.